The summed E-state index contributed by atoms with van der Waals surface area (Å²) in [5, 5.41) is 15.0. The lowest BCUT2D eigenvalue weighted by atomic mass is 10.1. The van der Waals surface area contributed by atoms with Gasteiger partial charge in [0.1, 0.15) is 5.69 Å². The zero-order chi connectivity index (χ0) is 14.5. The fraction of sp³-hybridized carbons (Fsp3) is 0.0714. The van der Waals surface area contributed by atoms with Crippen molar-refractivity contribution in [3.63, 3.8) is 0 Å². The van der Waals surface area contributed by atoms with E-state index in [1.165, 1.54) is 6.07 Å². The minimum atomic E-state index is -0.451. The summed E-state index contributed by atoms with van der Waals surface area (Å²) in [6, 6.07) is 13.6. The molecule has 0 bridgehead atoms. The predicted molar refractivity (Wildman–Crippen MR) is 79.8 cm³/mol. The highest BCUT2D eigenvalue weighted by Gasteiger charge is 2.11. The number of rotatable bonds is 4. The molecular weight excluding hydrogens is 256 g/mol. The van der Waals surface area contributed by atoms with Gasteiger partial charge in [0, 0.05) is 11.8 Å². The average molecular weight is 270 g/mol. The number of nitro groups is 1. The molecule has 0 aliphatic rings. The molecule has 0 saturated carbocycles. The van der Waals surface area contributed by atoms with Crippen LogP contribution in [0.1, 0.15) is 12.5 Å². The second-order valence-electron chi connectivity index (χ2n) is 4.21. The molecule has 0 heterocycles. The Morgan fingerprint density at radius 3 is 2.70 bits per heavy atom. The Morgan fingerprint density at radius 2 is 2.00 bits per heavy atom. The highest BCUT2D eigenvalue weighted by molar-refractivity contribution is 5.99. The first kappa shape index (κ1) is 13.5. The topological polar surface area (TPSA) is 93.5 Å². The molecule has 2 aromatic carbocycles. The average Bonchev–Trinajstić information content (AvgIpc) is 2.45. The van der Waals surface area contributed by atoms with Crippen molar-refractivity contribution in [3.8, 4) is 0 Å². The van der Waals surface area contributed by atoms with Crippen LogP contribution in [0.25, 0.3) is 0 Å². The first-order valence-electron chi connectivity index (χ1n) is 5.97. The van der Waals surface area contributed by atoms with E-state index in [0.717, 1.165) is 5.56 Å². The molecule has 0 radical (unpaired) electrons. The quantitative estimate of drug-likeness (QED) is 0.386. The first-order valence-corrected chi connectivity index (χ1v) is 5.97. The van der Waals surface area contributed by atoms with Crippen LogP contribution in [0.3, 0.4) is 0 Å². The van der Waals surface area contributed by atoms with E-state index in [4.69, 9.17) is 5.73 Å². The standard InChI is InChI=1S/C14H14N4O2/c1-10(11-5-4-6-12(15)9-11)16-17-13-7-2-3-8-14(13)18(19)20/h2-9,17H,15H2,1H3/b16-10-. The third-order valence-electron chi connectivity index (χ3n) is 2.75. The molecule has 0 amide bonds. The third kappa shape index (κ3) is 3.11. The lowest BCUT2D eigenvalue weighted by Crippen LogP contribution is -2.02. The third-order valence-corrected chi connectivity index (χ3v) is 2.75. The Morgan fingerprint density at radius 1 is 1.25 bits per heavy atom. The maximum absolute atomic E-state index is 10.9. The summed E-state index contributed by atoms with van der Waals surface area (Å²) in [7, 11) is 0. The lowest BCUT2D eigenvalue weighted by molar-refractivity contribution is -0.384. The van der Waals surface area contributed by atoms with Crippen molar-refractivity contribution in [3.05, 3.63) is 64.2 Å². The zero-order valence-corrected chi connectivity index (χ0v) is 10.9. The largest absolute Gasteiger partial charge is 0.399 e. The van der Waals surface area contributed by atoms with Gasteiger partial charge in [-0.3, -0.25) is 15.5 Å². The van der Waals surface area contributed by atoms with Gasteiger partial charge in [-0.25, -0.2) is 0 Å². The van der Waals surface area contributed by atoms with Gasteiger partial charge in [0.15, 0.2) is 0 Å². The molecule has 20 heavy (non-hydrogen) atoms. The summed E-state index contributed by atoms with van der Waals surface area (Å²) in [5.41, 5.74) is 10.9. The number of anilines is 2. The van der Waals surface area contributed by atoms with Crippen LogP contribution in [0.15, 0.2) is 53.6 Å². The Labute approximate surface area is 116 Å². The highest BCUT2D eigenvalue weighted by atomic mass is 16.6. The second-order valence-corrected chi connectivity index (χ2v) is 4.21. The zero-order valence-electron chi connectivity index (χ0n) is 10.9. The van der Waals surface area contributed by atoms with Gasteiger partial charge >= 0.3 is 0 Å². The highest BCUT2D eigenvalue weighted by Crippen LogP contribution is 2.23. The summed E-state index contributed by atoms with van der Waals surface area (Å²) < 4.78 is 0. The van der Waals surface area contributed by atoms with Crippen LogP contribution in [-0.2, 0) is 0 Å². The molecular formula is C14H14N4O2. The number of para-hydroxylation sites is 2. The van der Waals surface area contributed by atoms with Gasteiger partial charge in [0.25, 0.3) is 5.69 Å². The van der Waals surface area contributed by atoms with Crippen molar-refractivity contribution in [2.24, 2.45) is 5.10 Å². The Balaban J connectivity index is 2.23. The number of hydrazone groups is 1. The van der Waals surface area contributed by atoms with E-state index >= 15 is 0 Å². The van der Waals surface area contributed by atoms with Gasteiger partial charge in [-0.2, -0.15) is 5.10 Å². The number of nitro benzene ring substituents is 1. The number of hydrogen-bond acceptors (Lipinski definition) is 5. The van der Waals surface area contributed by atoms with E-state index in [1.54, 1.807) is 37.3 Å². The van der Waals surface area contributed by atoms with Gasteiger partial charge in [-0.1, -0.05) is 24.3 Å². The molecule has 0 unspecified atom stereocenters. The van der Waals surface area contributed by atoms with Crippen LogP contribution < -0.4 is 11.2 Å². The molecule has 6 heteroatoms. The minimum absolute atomic E-state index is 0.0170. The second kappa shape index (κ2) is 5.83. The summed E-state index contributed by atoms with van der Waals surface area (Å²) >= 11 is 0. The van der Waals surface area contributed by atoms with E-state index < -0.39 is 4.92 Å². The molecule has 2 aromatic rings. The van der Waals surface area contributed by atoms with Gasteiger partial charge in [0.05, 0.1) is 10.6 Å². The van der Waals surface area contributed by atoms with Gasteiger partial charge < -0.3 is 5.73 Å². The Kier molecular flexibility index (Phi) is 3.95. The number of benzene rings is 2. The summed E-state index contributed by atoms with van der Waals surface area (Å²) in [5.74, 6) is 0. The van der Waals surface area contributed by atoms with Crippen molar-refractivity contribution in [2.45, 2.75) is 6.92 Å². The molecule has 3 N–H and O–H groups in total. The molecule has 102 valence electrons. The van der Waals surface area contributed by atoms with Crippen LogP contribution in [0.2, 0.25) is 0 Å². The summed E-state index contributed by atoms with van der Waals surface area (Å²) in [6.07, 6.45) is 0. The van der Waals surface area contributed by atoms with Gasteiger partial charge in [0.2, 0.25) is 0 Å². The maximum atomic E-state index is 10.9. The Hall–Kier alpha value is -2.89. The lowest BCUT2D eigenvalue weighted by Gasteiger charge is -2.05. The van der Waals surface area contributed by atoms with E-state index in [0.29, 0.717) is 17.1 Å². The van der Waals surface area contributed by atoms with E-state index in [2.05, 4.69) is 10.5 Å². The maximum Gasteiger partial charge on any atom is 0.294 e. The van der Waals surface area contributed by atoms with Crippen LogP contribution in [0.5, 0.6) is 0 Å². The predicted octanol–water partition coefficient (Wildman–Crippen LogP) is 3.01. The number of nitrogens with two attached hydrogens (primary N) is 1. The number of hydrogen-bond donors (Lipinski definition) is 2. The Bertz CT molecular complexity index is 668. The van der Waals surface area contributed by atoms with Crippen molar-refractivity contribution < 1.29 is 4.92 Å². The van der Waals surface area contributed by atoms with Crippen LogP contribution >= 0.6 is 0 Å². The SMILES string of the molecule is C/C(=N/Nc1ccccc1[N+](=O)[O-])c1cccc(N)c1. The van der Waals surface area contributed by atoms with Crippen LogP contribution in [0, 0.1) is 10.1 Å². The van der Waals surface area contributed by atoms with Crippen molar-refractivity contribution in [1.29, 1.82) is 0 Å². The van der Waals surface area contributed by atoms with Crippen molar-refractivity contribution in [2.75, 3.05) is 11.2 Å². The molecule has 6 nitrogen and oxygen atoms in total. The molecule has 2 rings (SSSR count). The number of nitrogens with one attached hydrogen (secondary N) is 1. The number of nitrogen functional groups attached to an aromatic ring is 1. The first-order chi connectivity index (χ1) is 9.58. The molecule has 0 saturated heterocycles. The summed E-state index contributed by atoms with van der Waals surface area (Å²) in [6.45, 7) is 1.80. The molecule has 0 aliphatic carbocycles. The van der Waals surface area contributed by atoms with Crippen molar-refractivity contribution >= 4 is 22.8 Å². The van der Waals surface area contributed by atoms with Gasteiger partial charge in [-0.05, 0) is 30.7 Å². The monoisotopic (exact) mass is 270 g/mol. The molecule has 0 fully saturated rings. The van der Waals surface area contributed by atoms with Crippen LogP contribution in [-0.4, -0.2) is 10.6 Å². The smallest absolute Gasteiger partial charge is 0.294 e. The van der Waals surface area contributed by atoms with E-state index in [9.17, 15) is 10.1 Å². The van der Waals surface area contributed by atoms with Crippen molar-refractivity contribution in [1.82, 2.24) is 0 Å². The van der Waals surface area contributed by atoms with E-state index in [-0.39, 0.29) is 5.69 Å². The normalized spacial score (nSPS) is 11.2. The fourth-order valence-corrected chi connectivity index (χ4v) is 1.70. The van der Waals surface area contributed by atoms with Crippen LogP contribution in [0.4, 0.5) is 17.1 Å². The van der Waals surface area contributed by atoms with Gasteiger partial charge in [-0.15, -0.1) is 0 Å². The van der Waals surface area contributed by atoms with E-state index in [1.807, 2.05) is 12.1 Å². The minimum Gasteiger partial charge on any atom is -0.399 e. The molecule has 0 aromatic heterocycles. The molecule has 0 spiro atoms. The molecule has 0 aliphatic heterocycles. The summed E-state index contributed by atoms with van der Waals surface area (Å²) in [4.78, 5) is 10.4. The molecule has 0 atom stereocenters. The fourth-order valence-electron chi connectivity index (χ4n) is 1.70. The number of nitrogens with zero attached hydrogens (tertiary/aromatic N) is 2.